The van der Waals surface area contributed by atoms with E-state index in [0.717, 1.165) is 10.9 Å². The summed E-state index contributed by atoms with van der Waals surface area (Å²) < 4.78 is 0. The molecule has 3 heterocycles. The van der Waals surface area contributed by atoms with Crippen molar-refractivity contribution >= 4 is 70.0 Å². The SMILES string of the molecule is CCCC[C@H](NC(C)=O)C(=O)N[C@H]1CC(=O)NCCCC[C@@H](C(N)=O)NC(=O)[C@H](Cc2c[nH]c3ccccc23)N(C)C(=O)[C@H](CCCN=C(N)N)N(C)C(=O)[C@@H](Cc2ccccc2)N(C)C(=O)[C@H](Cc2cnc[nH]2)NC1=O. The number of aromatic nitrogens is 3. The Morgan fingerprint density at radius 2 is 1.48 bits per heavy atom. The van der Waals surface area contributed by atoms with Gasteiger partial charge in [-0.2, -0.15) is 0 Å². The summed E-state index contributed by atoms with van der Waals surface area (Å²) in [6.07, 6.45) is 5.96. The van der Waals surface area contributed by atoms with Crippen molar-refractivity contribution in [3.8, 4) is 0 Å². The lowest BCUT2D eigenvalue weighted by molar-refractivity contribution is -0.152. The molecule has 7 atom stereocenters. The van der Waals surface area contributed by atoms with Crippen molar-refractivity contribution in [1.82, 2.24) is 56.2 Å². The van der Waals surface area contributed by atoms with Gasteiger partial charge in [0.1, 0.15) is 42.3 Å². The number of hydrogen-bond acceptors (Lipinski definition) is 11. The topological polar surface area (TPSA) is 358 Å². The fourth-order valence-corrected chi connectivity index (χ4v) is 9.30. The number of likely N-dealkylation sites (N-methyl/N-ethyl adjacent to an activating group) is 3. The molecule has 0 saturated carbocycles. The third kappa shape index (κ3) is 17.4. The molecule has 1 aliphatic heterocycles. The number of aliphatic imine (C=N–C) groups is 1. The molecule has 1 saturated heterocycles. The zero-order chi connectivity index (χ0) is 56.2. The van der Waals surface area contributed by atoms with Crippen LogP contribution in [-0.4, -0.2) is 165 Å². The number of H-pyrrole nitrogens is 2. The van der Waals surface area contributed by atoms with Gasteiger partial charge in [-0.1, -0.05) is 68.3 Å². The van der Waals surface area contributed by atoms with Crippen molar-refractivity contribution in [3.63, 3.8) is 0 Å². The van der Waals surface area contributed by atoms with E-state index in [1.54, 1.807) is 36.5 Å². The van der Waals surface area contributed by atoms with Crippen molar-refractivity contribution in [2.75, 3.05) is 34.2 Å². The molecule has 13 N–H and O–H groups in total. The highest BCUT2D eigenvalue weighted by Gasteiger charge is 2.41. The lowest BCUT2D eigenvalue weighted by atomic mass is 9.98. The summed E-state index contributed by atoms with van der Waals surface area (Å²) in [5.74, 6) is -6.63. The number of guanidine groups is 1. The van der Waals surface area contributed by atoms with Gasteiger partial charge in [0, 0.05) is 89.4 Å². The van der Waals surface area contributed by atoms with Crippen LogP contribution in [0.3, 0.4) is 0 Å². The van der Waals surface area contributed by atoms with E-state index in [0.29, 0.717) is 29.7 Å². The van der Waals surface area contributed by atoms with Gasteiger partial charge in [0.05, 0.1) is 12.7 Å². The minimum absolute atomic E-state index is 0.0111. The fraction of sp³-hybridized carbons (Fsp3) is 0.491. The Balaban J connectivity index is 1.63. The van der Waals surface area contributed by atoms with Crippen LogP contribution in [0.1, 0.15) is 88.5 Å². The van der Waals surface area contributed by atoms with Gasteiger partial charge in [-0.3, -0.25) is 48.1 Å². The van der Waals surface area contributed by atoms with E-state index < -0.39 is 102 Å². The molecule has 0 aliphatic carbocycles. The third-order valence-corrected chi connectivity index (χ3v) is 13.7. The Hall–Kier alpha value is -8.31. The number of nitrogens with zero attached hydrogens (tertiary/aromatic N) is 5. The van der Waals surface area contributed by atoms with Crippen molar-refractivity contribution in [3.05, 3.63) is 90.1 Å². The van der Waals surface area contributed by atoms with Crippen molar-refractivity contribution in [1.29, 1.82) is 0 Å². The first kappa shape index (κ1) is 59.6. The molecule has 0 radical (unpaired) electrons. The molecule has 24 heteroatoms. The molecule has 1 fully saturated rings. The lowest BCUT2D eigenvalue weighted by Crippen LogP contribution is -2.61. The van der Waals surface area contributed by atoms with Crippen LogP contribution in [0.25, 0.3) is 10.9 Å². The number of para-hydroxylation sites is 1. The van der Waals surface area contributed by atoms with Gasteiger partial charge >= 0.3 is 0 Å². The van der Waals surface area contributed by atoms with E-state index in [4.69, 9.17) is 17.2 Å². The number of nitrogens with two attached hydrogens (primary N) is 3. The summed E-state index contributed by atoms with van der Waals surface area (Å²) in [5, 5.41) is 14.3. The minimum Gasteiger partial charge on any atom is -0.370 e. The molecule has 9 amide bonds. The summed E-state index contributed by atoms with van der Waals surface area (Å²) in [6.45, 7) is 3.28. The zero-order valence-electron chi connectivity index (χ0n) is 44.5. The number of imidazole rings is 1. The number of nitrogens with one attached hydrogen (secondary N) is 7. The number of amides is 9. The van der Waals surface area contributed by atoms with Crippen LogP contribution in [0, 0.1) is 0 Å². The van der Waals surface area contributed by atoms with Gasteiger partial charge in [-0.15, -0.1) is 0 Å². The molecule has 2 aromatic heterocycles. The molecule has 4 aromatic rings. The quantitative estimate of drug-likeness (QED) is 0.0373. The lowest BCUT2D eigenvalue weighted by Gasteiger charge is -2.38. The summed E-state index contributed by atoms with van der Waals surface area (Å²) in [4.78, 5) is 146. The normalized spacial score (nSPS) is 21.4. The predicted molar refractivity (Wildman–Crippen MR) is 288 cm³/mol. The second-order valence-electron chi connectivity index (χ2n) is 19.4. The van der Waals surface area contributed by atoms with Crippen LogP contribution in [0.2, 0.25) is 0 Å². The maximum Gasteiger partial charge on any atom is 0.246 e. The number of aromatic amines is 2. The zero-order valence-corrected chi connectivity index (χ0v) is 44.5. The molecule has 5 rings (SSSR count). The van der Waals surface area contributed by atoms with E-state index in [1.807, 2.05) is 31.2 Å². The molecule has 2 aromatic carbocycles. The highest BCUT2D eigenvalue weighted by molar-refractivity contribution is 5.99. The smallest absolute Gasteiger partial charge is 0.246 e. The van der Waals surface area contributed by atoms with E-state index in [9.17, 15) is 28.8 Å². The Labute approximate surface area is 447 Å². The van der Waals surface area contributed by atoms with Gasteiger partial charge in [-0.25, -0.2) is 4.98 Å². The predicted octanol–water partition coefficient (Wildman–Crippen LogP) is -0.222. The van der Waals surface area contributed by atoms with Crippen molar-refractivity contribution < 1.29 is 43.2 Å². The molecule has 0 unspecified atom stereocenters. The molecule has 0 bridgehead atoms. The van der Waals surface area contributed by atoms with E-state index in [1.165, 1.54) is 55.3 Å². The highest BCUT2D eigenvalue weighted by atomic mass is 16.2. The first-order valence-corrected chi connectivity index (χ1v) is 25.9. The second kappa shape index (κ2) is 29.1. The summed E-state index contributed by atoms with van der Waals surface area (Å²) in [5.41, 5.74) is 19.7. The molecule has 1 aliphatic rings. The second-order valence-corrected chi connectivity index (χ2v) is 19.4. The Morgan fingerprint density at radius 1 is 0.792 bits per heavy atom. The standard InChI is InChI=1S/C53H75N15O9/c1-6-7-19-39(62-32(2)69)47(72)64-40-28-45(70)58-23-14-13-21-38(46(54)71)63-49(74)43(26-34-29-60-37-20-12-11-18-36(34)37)67(4)51(76)42(22-15-24-59-53(55)56)66(3)52(77)44(25-33-16-9-8-10-17-33)68(5)50(75)41(65-48(40)73)27-35-30-57-31-61-35/h8-12,16-18,20,29-31,38-44,60H,6-7,13-15,19,21-28H2,1-5H3,(H2,54,71)(H,57,61)(H,58,70)(H,62,69)(H,63,74)(H,64,72)(H,65,73)(H4,55,56,59)/t38-,39-,40-,41-,42-,43-,44+/m0/s1. The molecule has 416 valence electrons. The maximum absolute atomic E-state index is 15.4. The number of primary amides is 1. The van der Waals surface area contributed by atoms with E-state index >= 15 is 14.4 Å². The van der Waals surface area contributed by atoms with Crippen LogP contribution in [0.15, 0.2) is 78.3 Å². The highest BCUT2D eigenvalue weighted by Crippen LogP contribution is 2.24. The van der Waals surface area contributed by atoms with E-state index in [2.05, 4.69) is 46.5 Å². The first-order chi connectivity index (χ1) is 36.8. The van der Waals surface area contributed by atoms with Crippen LogP contribution in [-0.2, 0) is 62.4 Å². The molecular weight excluding hydrogens is 991 g/mol. The molecule has 77 heavy (non-hydrogen) atoms. The summed E-state index contributed by atoms with van der Waals surface area (Å²) >= 11 is 0. The number of rotatable bonds is 17. The van der Waals surface area contributed by atoms with Crippen LogP contribution in [0.4, 0.5) is 0 Å². The number of unbranched alkanes of at least 4 members (excludes halogenated alkanes) is 1. The van der Waals surface area contributed by atoms with Crippen molar-refractivity contribution in [2.24, 2.45) is 22.2 Å². The average molecular weight is 1070 g/mol. The first-order valence-electron chi connectivity index (χ1n) is 25.9. The largest absolute Gasteiger partial charge is 0.370 e. The van der Waals surface area contributed by atoms with Gasteiger partial charge in [0.25, 0.3) is 0 Å². The number of hydrogen-bond donors (Lipinski definition) is 10. The number of fused-ring (bicyclic) bond motifs is 1. The monoisotopic (exact) mass is 1070 g/mol. The summed E-state index contributed by atoms with van der Waals surface area (Å²) in [7, 11) is 4.25. The Bertz CT molecular complexity index is 2690. The van der Waals surface area contributed by atoms with Crippen LogP contribution < -0.4 is 43.8 Å². The van der Waals surface area contributed by atoms with E-state index in [-0.39, 0.29) is 76.8 Å². The Morgan fingerprint density at radius 3 is 2.16 bits per heavy atom. The Kier molecular flexibility index (Phi) is 22.5. The summed E-state index contributed by atoms with van der Waals surface area (Å²) in [6, 6.07) is 7.11. The average Bonchev–Trinajstić information content (AvgIpc) is 4.09. The number of carbonyl (C=O) groups excluding carboxylic acids is 9. The van der Waals surface area contributed by atoms with Crippen LogP contribution >= 0.6 is 0 Å². The number of benzene rings is 2. The van der Waals surface area contributed by atoms with Gasteiger partial charge in [-0.05, 0) is 55.7 Å². The minimum atomic E-state index is -1.58. The van der Waals surface area contributed by atoms with Gasteiger partial charge < -0.3 is 68.5 Å². The van der Waals surface area contributed by atoms with Crippen LogP contribution in [0.5, 0.6) is 0 Å². The molecular formula is C53H75N15O9. The molecule has 0 spiro atoms. The van der Waals surface area contributed by atoms with Gasteiger partial charge in [0.15, 0.2) is 5.96 Å². The fourth-order valence-electron chi connectivity index (χ4n) is 9.30. The maximum atomic E-state index is 15.4. The third-order valence-electron chi connectivity index (χ3n) is 13.7. The van der Waals surface area contributed by atoms with Gasteiger partial charge in [0.2, 0.25) is 53.2 Å². The van der Waals surface area contributed by atoms with Crippen molar-refractivity contribution in [2.45, 2.75) is 133 Å². The molecule has 24 nitrogen and oxygen atoms in total. The number of carbonyl (C=O) groups is 9.